The van der Waals surface area contributed by atoms with Crippen molar-refractivity contribution >= 4 is 17.8 Å². The van der Waals surface area contributed by atoms with Crippen molar-refractivity contribution in [3.63, 3.8) is 0 Å². The van der Waals surface area contributed by atoms with Crippen molar-refractivity contribution in [3.8, 4) is 5.75 Å². The fourth-order valence-corrected chi connectivity index (χ4v) is 3.49. The van der Waals surface area contributed by atoms with E-state index in [9.17, 15) is 14.4 Å². The smallest absolute Gasteiger partial charge is 0.325 e. The Hall–Kier alpha value is -2.57. The molecule has 0 aromatic heterocycles. The average Bonchev–Trinajstić information content (AvgIpc) is 3.25. The van der Waals surface area contributed by atoms with Crippen LogP contribution in [0.5, 0.6) is 5.75 Å². The second-order valence-corrected chi connectivity index (χ2v) is 6.40. The summed E-state index contributed by atoms with van der Waals surface area (Å²) in [4.78, 5) is 40.5. The maximum absolute atomic E-state index is 13.0. The topological polar surface area (TPSA) is 79.0 Å². The van der Waals surface area contributed by atoms with Gasteiger partial charge in [0.15, 0.2) is 0 Å². The van der Waals surface area contributed by atoms with E-state index in [2.05, 4.69) is 5.32 Å². The molecule has 0 spiro atoms. The van der Waals surface area contributed by atoms with E-state index in [1.807, 2.05) is 6.92 Å². The van der Waals surface area contributed by atoms with Gasteiger partial charge in [-0.25, -0.2) is 4.79 Å². The molecule has 0 saturated carbocycles. The molecule has 1 aromatic carbocycles. The molecule has 134 valence electrons. The maximum atomic E-state index is 13.0. The number of urea groups is 1. The van der Waals surface area contributed by atoms with Crippen LogP contribution in [-0.2, 0) is 15.1 Å². The van der Waals surface area contributed by atoms with Crippen molar-refractivity contribution in [2.45, 2.75) is 31.7 Å². The van der Waals surface area contributed by atoms with Gasteiger partial charge in [-0.1, -0.05) is 19.1 Å². The molecule has 3 rings (SSSR count). The lowest BCUT2D eigenvalue weighted by Gasteiger charge is -2.26. The summed E-state index contributed by atoms with van der Waals surface area (Å²) in [7, 11) is 1.57. The van der Waals surface area contributed by atoms with Crippen molar-refractivity contribution in [2.24, 2.45) is 0 Å². The van der Waals surface area contributed by atoms with Gasteiger partial charge in [0.05, 0.1) is 7.11 Å². The Morgan fingerprint density at radius 1 is 1.20 bits per heavy atom. The Morgan fingerprint density at radius 2 is 1.84 bits per heavy atom. The third-order valence-corrected chi connectivity index (χ3v) is 5.04. The van der Waals surface area contributed by atoms with Crippen molar-refractivity contribution < 1.29 is 19.1 Å². The summed E-state index contributed by atoms with van der Waals surface area (Å²) in [5.41, 5.74) is -0.445. The van der Waals surface area contributed by atoms with Crippen LogP contribution in [0.4, 0.5) is 4.79 Å². The second kappa shape index (κ2) is 6.74. The summed E-state index contributed by atoms with van der Waals surface area (Å²) in [5.74, 6) is 0.119. The van der Waals surface area contributed by atoms with Gasteiger partial charge in [-0.05, 0) is 37.0 Å². The number of methoxy groups -OCH3 is 1. The Bertz CT molecular complexity index is 682. The number of carbonyl (C=O) groups is 3. The van der Waals surface area contributed by atoms with Crippen LogP contribution in [0.1, 0.15) is 31.7 Å². The van der Waals surface area contributed by atoms with Crippen molar-refractivity contribution in [1.82, 2.24) is 15.1 Å². The Morgan fingerprint density at radius 3 is 2.40 bits per heavy atom. The number of nitrogens with one attached hydrogen (secondary N) is 1. The molecule has 0 aliphatic carbocycles. The Balaban J connectivity index is 1.82. The number of ether oxygens (including phenoxy) is 1. The highest BCUT2D eigenvalue weighted by molar-refractivity contribution is 6.09. The standard InChI is InChI=1S/C18H23N3O4/c1-3-18(13-6-8-14(25-2)9-7-13)16(23)21(17(24)19-18)12-15(22)20-10-4-5-11-20/h6-9H,3-5,10-12H2,1-2H3,(H,19,24). The second-order valence-electron chi connectivity index (χ2n) is 6.40. The SMILES string of the molecule is CCC1(c2ccc(OC)cc2)NC(=O)N(CC(=O)N2CCCC2)C1=O. The van der Waals surface area contributed by atoms with Gasteiger partial charge in [0.1, 0.15) is 17.8 Å². The fourth-order valence-electron chi connectivity index (χ4n) is 3.49. The Labute approximate surface area is 146 Å². The first kappa shape index (κ1) is 17.3. The molecule has 25 heavy (non-hydrogen) atoms. The van der Waals surface area contributed by atoms with Gasteiger partial charge in [0.2, 0.25) is 5.91 Å². The predicted octanol–water partition coefficient (Wildman–Crippen LogP) is 1.47. The van der Waals surface area contributed by atoms with Gasteiger partial charge >= 0.3 is 6.03 Å². The van der Waals surface area contributed by atoms with Gasteiger partial charge in [0, 0.05) is 13.1 Å². The number of nitrogens with zero attached hydrogens (tertiary/aromatic N) is 2. The zero-order valence-corrected chi connectivity index (χ0v) is 14.6. The van der Waals surface area contributed by atoms with E-state index in [0.717, 1.165) is 17.7 Å². The molecule has 2 saturated heterocycles. The number of imide groups is 1. The molecule has 7 heteroatoms. The molecule has 2 heterocycles. The van der Waals surface area contributed by atoms with E-state index in [0.29, 0.717) is 30.8 Å². The van der Waals surface area contributed by atoms with Gasteiger partial charge in [-0.3, -0.25) is 14.5 Å². The van der Waals surface area contributed by atoms with E-state index in [1.165, 1.54) is 0 Å². The van der Waals surface area contributed by atoms with E-state index < -0.39 is 11.6 Å². The van der Waals surface area contributed by atoms with E-state index in [4.69, 9.17) is 4.74 Å². The van der Waals surface area contributed by atoms with Crippen LogP contribution in [0.2, 0.25) is 0 Å². The lowest BCUT2D eigenvalue weighted by Crippen LogP contribution is -2.45. The van der Waals surface area contributed by atoms with E-state index in [1.54, 1.807) is 36.3 Å². The molecule has 0 bridgehead atoms. The van der Waals surface area contributed by atoms with Crippen molar-refractivity contribution in [3.05, 3.63) is 29.8 Å². The highest BCUT2D eigenvalue weighted by atomic mass is 16.5. The monoisotopic (exact) mass is 345 g/mol. The molecule has 7 nitrogen and oxygen atoms in total. The van der Waals surface area contributed by atoms with Crippen LogP contribution in [-0.4, -0.2) is 54.4 Å². The number of amides is 4. The van der Waals surface area contributed by atoms with Crippen molar-refractivity contribution in [1.29, 1.82) is 0 Å². The molecule has 1 aromatic rings. The number of benzene rings is 1. The predicted molar refractivity (Wildman–Crippen MR) is 91.0 cm³/mol. The molecule has 1 unspecified atom stereocenters. The molecule has 0 radical (unpaired) electrons. The average molecular weight is 345 g/mol. The van der Waals surface area contributed by atoms with Crippen LogP contribution in [0, 0.1) is 0 Å². The molecule has 1 atom stereocenters. The summed E-state index contributed by atoms with van der Waals surface area (Å²) >= 11 is 0. The number of hydrogen-bond acceptors (Lipinski definition) is 4. The molecule has 1 N–H and O–H groups in total. The summed E-state index contributed by atoms with van der Waals surface area (Å²) < 4.78 is 5.14. The largest absolute Gasteiger partial charge is 0.497 e. The molecule has 2 aliphatic heterocycles. The molecule has 2 aliphatic rings. The fraction of sp³-hybridized carbons (Fsp3) is 0.500. The highest BCUT2D eigenvalue weighted by Crippen LogP contribution is 2.33. The third kappa shape index (κ3) is 2.94. The summed E-state index contributed by atoms with van der Waals surface area (Å²) in [6.45, 7) is 3.02. The minimum Gasteiger partial charge on any atom is -0.497 e. The van der Waals surface area contributed by atoms with Crippen LogP contribution < -0.4 is 10.1 Å². The van der Waals surface area contributed by atoms with Gasteiger partial charge in [-0.15, -0.1) is 0 Å². The first-order valence-electron chi connectivity index (χ1n) is 8.58. The normalized spacial score (nSPS) is 23.1. The molecule has 2 fully saturated rings. The Kier molecular flexibility index (Phi) is 4.65. The zero-order valence-electron chi connectivity index (χ0n) is 14.6. The number of carbonyl (C=O) groups excluding carboxylic acids is 3. The third-order valence-electron chi connectivity index (χ3n) is 5.04. The first-order chi connectivity index (χ1) is 12.0. The molecule has 4 amide bonds. The van der Waals surface area contributed by atoms with Gasteiger partial charge in [0.25, 0.3) is 5.91 Å². The number of rotatable bonds is 5. The van der Waals surface area contributed by atoms with E-state index >= 15 is 0 Å². The first-order valence-corrected chi connectivity index (χ1v) is 8.58. The molecular formula is C18H23N3O4. The van der Waals surface area contributed by atoms with Gasteiger partial charge in [-0.2, -0.15) is 0 Å². The van der Waals surface area contributed by atoms with Crippen LogP contribution in [0.25, 0.3) is 0 Å². The minimum atomic E-state index is -1.13. The minimum absolute atomic E-state index is 0.178. The van der Waals surface area contributed by atoms with E-state index in [-0.39, 0.29) is 18.4 Å². The lowest BCUT2D eigenvalue weighted by molar-refractivity contribution is -0.138. The number of likely N-dealkylation sites (tertiary alicyclic amines) is 1. The van der Waals surface area contributed by atoms with Crippen LogP contribution >= 0.6 is 0 Å². The number of hydrogen-bond donors (Lipinski definition) is 1. The highest BCUT2D eigenvalue weighted by Gasteiger charge is 2.51. The maximum Gasteiger partial charge on any atom is 0.325 e. The van der Waals surface area contributed by atoms with Crippen LogP contribution in [0.3, 0.4) is 0 Å². The van der Waals surface area contributed by atoms with Crippen LogP contribution in [0.15, 0.2) is 24.3 Å². The van der Waals surface area contributed by atoms with Crippen molar-refractivity contribution in [2.75, 3.05) is 26.7 Å². The van der Waals surface area contributed by atoms with Gasteiger partial charge < -0.3 is 15.0 Å². The molecular weight excluding hydrogens is 322 g/mol. The summed E-state index contributed by atoms with van der Waals surface area (Å²) in [6, 6.07) is 6.53. The quantitative estimate of drug-likeness (QED) is 0.820. The zero-order chi connectivity index (χ0) is 18.0. The lowest BCUT2D eigenvalue weighted by atomic mass is 9.87. The summed E-state index contributed by atoms with van der Waals surface area (Å²) in [5, 5.41) is 2.79. The summed E-state index contributed by atoms with van der Waals surface area (Å²) in [6.07, 6.45) is 2.34.